The van der Waals surface area contributed by atoms with E-state index >= 15 is 0 Å². The zero-order valence-corrected chi connectivity index (χ0v) is 18.7. The van der Waals surface area contributed by atoms with Crippen molar-refractivity contribution in [3.8, 4) is 5.75 Å². The zero-order valence-electron chi connectivity index (χ0n) is 18.7. The van der Waals surface area contributed by atoms with E-state index in [0.29, 0.717) is 24.6 Å². The Morgan fingerprint density at radius 1 is 1.19 bits per heavy atom. The highest BCUT2D eigenvalue weighted by Gasteiger charge is 2.39. The molecule has 3 atom stereocenters. The molecule has 0 aromatic heterocycles. The maximum absolute atomic E-state index is 12.9. The van der Waals surface area contributed by atoms with Gasteiger partial charge in [0.2, 0.25) is 11.8 Å². The molecule has 1 aliphatic carbocycles. The number of amides is 3. The normalized spacial score (nSPS) is 25.4. The molecule has 0 radical (unpaired) electrons. The third-order valence-electron chi connectivity index (χ3n) is 6.78. The Labute approximate surface area is 188 Å². The van der Waals surface area contributed by atoms with Crippen LogP contribution in [0.4, 0.5) is 0 Å². The first-order valence-corrected chi connectivity index (χ1v) is 11.8. The zero-order chi connectivity index (χ0) is 22.7. The number of aliphatic hydroxyl groups excluding tert-OH is 1. The third kappa shape index (κ3) is 4.66. The molecule has 1 aromatic rings. The van der Waals surface area contributed by atoms with Crippen LogP contribution in [0.1, 0.15) is 67.8 Å². The van der Waals surface area contributed by atoms with Gasteiger partial charge in [0.25, 0.3) is 5.91 Å². The predicted molar refractivity (Wildman–Crippen MR) is 118 cm³/mol. The summed E-state index contributed by atoms with van der Waals surface area (Å²) in [5.41, 5.74) is 1.46. The summed E-state index contributed by atoms with van der Waals surface area (Å²) >= 11 is 0. The Morgan fingerprint density at radius 3 is 2.78 bits per heavy atom. The Morgan fingerprint density at radius 2 is 2.03 bits per heavy atom. The van der Waals surface area contributed by atoms with Gasteiger partial charge < -0.3 is 14.7 Å². The van der Waals surface area contributed by atoms with Gasteiger partial charge in [0, 0.05) is 37.7 Å². The topological polar surface area (TPSA) is 99.2 Å². The van der Waals surface area contributed by atoms with Crippen LogP contribution in [-0.2, 0) is 16.1 Å². The number of hydrogen-bond acceptors (Lipinski definition) is 6. The Hall–Kier alpha value is -2.45. The molecule has 32 heavy (non-hydrogen) atoms. The number of rotatable bonds is 9. The van der Waals surface area contributed by atoms with E-state index in [4.69, 9.17) is 4.74 Å². The number of hydrogen-bond donors (Lipinski definition) is 2. The molecule has 3 aliphatic rings. The quantitative estimate of drug-likeness (QED) is 0.565. The van der Waals surface area contributed by atoms with E-state index in [-0.39, 0.29) is 30.9 Å². The lowest BCUT2D eigenvalue weighted by Crippen LogP contribution is -2.52. The largest absolute Gasteiger partial charge is 0.489 e. The van der Waals surface area contributed by atoms with E-state index in [1.165, 1.54) is 0 Å². The summed E-state index contributed by atoms with van der Waals surface area (Å²) in [7, 11) is 0. The second kappa shape index (κ2) is 10.0. The summed E-state index contributed by atoms with van der Waals surface area (Å²) in [6, 6.07) is 5.28. The standard InChI is InChI=1S/C24H33N3O5/c1-2-11-26(12-4-13-28)19-5-3-6-21(19)32-17-7-8-18-16(14-17)15-27(24(18)31)20-9-10-22(29)25-23(20)30/h7-8,14,19-21,28H,2-6,9-13,15H2,1H3,(H,25,29,30)/t19-,20?,21+/m1/s1. The molecule has 8 nitrogen and oxygen atoms in total. The number of benzene rings is 1. The summed E-state index contributed by atoms with van der Waals surface area (Å²) in [6.45, 7) is 4.58. The fraction of sp³-hybridized carbons (Fsp3) is 0.625. The van der Waals surface area contributed by atoms with Crippen LogP contribution in [0.25, 0.3) is 0 Å². The van der Waals surface area contributed by atoms with Gasteiger partial charge in [0.1, 0.15) is 17.9 Å². The fourth-order valence-electron chi connectivity index (χ4n) is 5.27. The van der Waals surface area contributed by atoms with Crippen molar-refractivity contribution in [2.24, 2.45) is 0 Å². The van der Waals surface area contributed by atoms with E-state index in [0.717, 1.165) is 56.5 Å². The number of carbonyl (C=O) groups is 3. The number of ether oxygens (including phenoxy) is 1. The molecule has 0 bridgehead atoms. The van der Waals surface area contributed by atoms with Crippen molar-refractivity contribution < 1.29 is 24.2 Å². The molecule has 3 amide bonds. The molecule has 0 spiro atoms. The van der Waals surface area contributed by atoms with Gasteiger partial charge in [0.05, 0.1) is 0 Å². The highest BCUT2D eigenvalue weighted by Crippen LogP contribution is 2.33. The Balaban J connectivity index is 1.44. The van der Waals surface area contributed by atoms with Gasteiger partial charge in [-0.2, -0.15) is 0 Å². The minimum atomic E-state index is -0.606. The van der Waals surface area contributed by atoms with Crippen molar-refractivity contribution in [1.82, 2.24) is 15.1 Å². The number of nitrogens with one attached hydrogen (secondary N) is 1. The minimum absolute atomic E-state index is 0.0848. The lowest BCUT2D eigenvalue weighted by Gasteiger charge is -2.33. The first-order valence-electron chi connectivity index (χ1n) is 11.8. The molecule has 1 unspecified atom stereocenters. The molecule has 2 aliphatic heterocycles. The monoisotopic (exact) mass is 443 g/mol. The molecule has 4 rings (SSSR count). The average Bonchev–Trinajstić information content (AvgIpc) is 3.35. The van der Waals surface area contributed by atoms with Crippen LogP contribution in [0, 0.1) is 0 Å². The molecule has 8 heteroatoms. The number of nitrogens with zero attached hydrogens (tertiary/aromatic N) is 2. The van der Waals surface area contributed by atoms with Gasteiger partial charge >= 0.3 is 0 Å². The van der Waals surface area contributed by atoms with Gasteiger partial charge in [-0.15, -0.1) is 0 Å². The van der Waals surface area contributed by atoms with Crippen molar-refractivity contribution in [3.63, 3.8) is 0 Å². The smallest absolute Gasteiger partial charge is 0.255 e. The molecule has 2 fully saturated rings. The Bertz CT molecular complexity index is 873. The predicted octanol–water partition coefficient (Wildman–Crippen LogP) is 1.84. The van der Waals surface area contributed by atoms with Crippen molar-refractivity contribution in [2.75, 3.05) is 19.7 Å². The fourth-order valence-corrected chi connectivity index (χ4v) is 5.27. The van der Waals surface area contributed by atoms with E-state index < -0.39 is 11.9 Å². The van der Waals surface area contributed by atoms with Crippen LogP contribution in [0.15, 0.2) is 18.2 Å². The summed E-state index contributed by atoms with van der Waals surface area (Å²) in [5.74, 6) is -0.102. The molecular weight excluding hydrogens is 410 g/mol. The van der Waals surface area contributed by atoms with Crippen molar-refractivity contribution in [3.05, 3.63) is 29.3 Å². The maximum Gasteiger partial charge on any atom is 0.255 e. The lowest BCUT2D eigenvalue weighted by atomic mass is 10.0. The molecule has 2 heterocycles. The number of piperidine rings is 1. The van der Waals surface area contributed by atoms with Gasteiger partial charge in [-0.3, -0.25) is 24.6 Å². The summed E-state index contributed by atoms with van der Waals surface area (Å²) < 4.78 is 6.41. The van der Waals surface area contributed by atoms with Crippen molar-refractivity contribution in [2.45, 2.75) is 76.6 Å². The number of carbonyl (C=O) groups excluding carboxylic acids is 3. The van der Waals surface area contributed by atoms with Gasteiger partial charge in [0.15, 0.2) is 0 Å². The van der Waals surface area contributed by atoms with E-state index in [1.807, 2.05) is 12.1 Å². The summed E-state index contributed by atoms with van der Waals surface area (Å²) in [5, 5.41) is 11.6. The third-order valence-corrected chi connectivity index (χ3v) is 6.78. The van der Waals surface area contributed by atoms with Crippen molar-refractivity contribution >= 4 is 17.7 Å². The van der Waals surface area contributed by atoms with Crippen LogP contribution < -0.4 is 10.1 Å². The molecule has 1 saturated heterocycles. The van der Waals surface area contributed by atoms with Crippen molar-refractivity contribution in [1.29, 1.82) is 0 Å². The summed E-state index contributed by atoms with van der Waals surface area (Å²) in [6.07, 6.45) is 5.71. The molecule has 1 saturated carbocycles. The second-order valence-electron chi connectivity index (χ2n) is 8.99. The molecule has 1 aromatic carbocycles. The Kier molecular flexibility index (Phi) is 7.10. The lowest BCUT2D eigenvalue weighted by molar-refractivity contribution is -0.136. The van der Waals surface area contributed by atoms with E-state index in [1.54, 1.807) is 11.0 Å². The first kappa shape index (κ1) is 22.7. The molecule has 2 N–H and O–H groups in total. The van der Waals surface area contributed by atoms with Gasteiger partial charge in [-0.25, -0.2) is 0 Å². The molecule has 174 valence electrons. The van der Waals surface area contributed by atoms with Crippen LogP contribution in [0.5, 0.6) is 5.75 Å². The van der Waals surface area contributed by atoms with E-state index in [9.17, 15) is 19.5 Å². The van der Waals surface area contributed by atoms with Crippen LogP contribution in [0.2, 0.25) is 0 Å². The second-order valence-corrected chi connectivity index (χ2v) is 8.99. The highest BCUT2D eigenvalue weighted by atomic mass is 16.5. The van der Waals surface area contributed by atoms with Crippen LogP contribution in [0.3, 0.4) is 0 Å². The highest BCUT2D eigenvalue weighted by molar-refractivity contribution is 6.05. The minimum Gasteiger partial charge on any atom is -0.489 e. The van der Waals surface area contributed by atoms with Gasteiger partial charge in [-0.05, 0) is 68.8 Å². The summed E-state index contributed by atoms with van der Waals surface area (Å²) in [4.78, 5) is 40.6. The van der Waals surface area contributed by atoms with Crippen LogP contribution in [-0.4, -0.2) is 70.5 Å². The maximum atomic E-state index is 12.9. The number of aliphatic hydroxyl groups is 1. The first-order chi connectivity index (χ1) is 15.5. The number of fused-ring (bicyclic) bond motifs is 1. The van der Waals surface area contributed by atoms with Gasteiger partial charge in [-0.1, -0.05) is 6.92 Å². The van der Waals surface area contributed by atoms with E-state index in [2.05, 4.69) is 17.1 Å². The average molecular weight is 444 g/mol. The SMILES string of the molecule is CCCN(CCCO)[C@@H]1CCC[C@@H]1Oc1ccc2c(c1)CN(C1CCC(=O)NC1=O)C2=O. The number of imide groups is 1. The van der Waals surface area contributed by atoms with Crippen LogP contribution >= 0.6 is 0 Å². The molecular formula is C24H33N3O5.